The number of nitrogens with one attached hydrogen (secondary N) is 2. The van der Waals surface area contributed by atoms with E-state index in [1.807, 2.05) is 41.2 Å². The number of rotatable bonds is 6. The fourth-order valence-corrected chi connectivity index (χ4v) is 2.91. The number of para-hydroxylation sites is 1. The zero-order chi connectivity index (χ0) is 18.5. The molecule has 1 aliphatic heterocycles. The van der Waals surface area contributed by atoms with Crippen LogP contribution in [0.1, 0.15) is 23.3 Å². The van der Waals surface area contributed by atoms with E-state index in [1.54, 1.807) is 18.3 Å². The summed E-state index contributed by atoms with van der Waals surface area (Å²) in [5.41, 5.74) is 1.77. The standard InChI is InChI=1S/C19H20N6O2/c26-19(22-14-5-2-1-3-6-14)17-8-9-18(24-23-17)21-15-11-20-25(12-15)13-16-7-4-10-27-16/h1-3,5-6,8-9,11-12,16H,4,7,10,13H2,(H,21,24)(H,22,26). The Kier molecular flexibility index (Phi) is 5.06. The molecule has 2 N–H and O–H groups in total. The minimum Gasteiger partial charge on any atom is -0.376 e. The highest BCUT2D eigenvalue weighted by Crippen LogP contribution is 2.17. The van der Waals surface area contributed by atoms with Gasteiger partial charge in [0.15, 0.2) is 11.5 Å². The van der Waals surface area contributed by atoms with Crippen LogP contribution in [0.5, 0.6) is 0 Å². The molecule has 2 aromatic heterocycles. The Labute approximate surface area is 156 Å². The predicted molar refractivity (Wildman–Crippen MR) is 101 cm³/mol. The molecule has 1 fully saturated rings. The molecule has 8 nitrogen and oxygen atoms in total. The lowest BCUT2D eigenvalue weighted by atomic mass is 10.2. The van der Waals surface area contributed by atoms with Gasteiger partial charge in [-0.15, -0.1) is 10.2 Å². The first kappa shape index (κ1) is 17.2. The van der Waals surface area contributed by atoms with Crippen molar-refractivity contribution >= 4 is 23.1 Å². The highest BCUT2D eigenvalue weighted by atomic mass is 16.5. The Morgan fingerprint density at radius 3 is 2.78 bits per heavy atom. The maximum absolute atomic E-state index is 12.2. The van der Waals surface area contributed by atoms with Gasteiger partial charge in [0, 0.05) is 18.5 Å². The summed E-state index contributed by atoms with van der Waals surface area (Å²) in [4.78, 5) is 12.2. The predicted octanol–water partition coefficient (Wildman–Crippen LogP) is 2.85. The number of benzene rings is 1. The molecule has 0 bridgehead atoms. The van der Waals surface area contributed by atoms with E-state index in [9.17, 15) is 4.79 Å². The van der Waals surface area contributed by atoms with E-state index in [-0.39, 0.29) is 17.7 Å². The van der Waals surface area contributed by atoms with Crippen LogP contribution < -0.4 is 10.6 Å². The van der Waals surface area contributed by atoms with Crippen molar-refractivity contribution in [2.45, 2.75) is 25.5 Å². The van der Waals surface area contributed by atoms with Crippen LogP contribution in [0.2, 0.25) is 0 Å². The normalized spacial score (nSPS) is 16.2. The largest absolute Gasteiger partial charge is 0.376 e. The molecule has 1 atom stereocenters. The Bertz CT molecular complexity index is 888. The van der Waals surface area contributed by atoms with E-state index in [0.717, 1.165) is 31.7 Å². The van der Waals surface area contributed by atoms with E-state index in [1.165, 1.54) is 0 Å². The minimum absolute atomic E-state index is 0.236. The van der Waals surface area contributed by atoms with Gasteiger partial charge in [0.2, 0.25) is 0 Å². The van der Waals surface area contributed by atoms with Crippen molar-refractivity contribution in [2.75, 3.05) is 17.2 Å². The van der Waals surface area contributed by atoms with Crippen LogP contribution >= 0.6 is 0 Å². The zero-order valence-electron chi connectivity index (χ0n) is 14.7. The molecule has 1 aliphatic rings. The molecule has 0 saturated carbocycles. The number of carbonyl (C=O) groups excluding carboxylic acids is 1. The van der Waals surface area contributed by atoms with Crippen LogP contribution in [0.4, 0.5) is 17.2 Å². The molecular formula is C19H20N6O2. The smallest absolute Gasteiger partial charge is 0.276 e. The molecule has 0 spiro atoms. The average Bonchev–Trinajstić information content (AvgIpc) is 3.36. The van der Waals surface area contributed by atoms with Crippen molar-refractivity contribution < 1.29 is 9.53 Å². The SMILES string of the molecule is O=C(Nc1ccccc1)c1ccc(Nc2cnn(CC3CCCO3)c2)nn1. The first-order chi connectivity index (χ1) is 13.3. The van der Waals surface area contributed by atoms with Crippen LogP contribution in [0.15, 0.2) is 54.9 Å². The summed E-state index contributed by atoms with van der Waals surface area (Å²) >= 11 is 0. The lowest BCUT2D eigenvalue weighted by Crippen LogP contribution is -2.15. The molecule has 1 amide bonds. The maximum atomic E-state index is 12.2. The van der Waals surface area contributed by atoms with E-state index in [4.69, 9.17) is 4.74 Å². The molecule has 3 heterocycles. The van der Waals surface area contributed by atoms with Gasteiger partial charge in [0.1, 0.15) is 0 Å². The van der Waals surface area contributed by atoms with Crippen LogP contribution in [-0.2, 0) is 11.3 Å². The Hall–Kier alpha value is -3.26. The summed E-state index contributed by atoms with van der Waals surface area (Å²) in [7, 11) is 0. The number of amides is 1. The molecular weight excluding hydrogens is 344 g/mol. The topological polar surface area (TPSA) is 94.0 Å². The highest BCUT2D eigenvalue weighted by molar-refractivity contribution is 6.02. The van der Waals surface area contributed by atoms with Gasteiger partial charge >= 0.3 is 0 Å². The van der Waals surface area contributed by atoms with Crippen LogP contribution in [-0.4, -0.2) is 38.6 Å². The summed E-state index contributed by atoms with van der Waals surface area (Å²) in [6.07, 6.45) is 6.05. The first-order valence-electron chi connectivity index (χ1n) is 8.87. The van der Waals surface area contributed by atoms with Crippen LogP contribution in [0, 0.1) is 0 Å². The summed E-state index contributed by atoms with van der Waals surface area (Å²) in [6.45, 7) is 1.57. The molecule has 138 valence electrons. The zero-order valence-corrected chi connectivity index (χ0v) is 14.7. The third-order valence-electron chi connectivity index (χ3n) is 4.25. The lowest BCUT2D eigenvalue weighted by molar-refractivity contribution is 0.0940. The second kappa shape index (κ2) is 7.96. The number of nitrogens with zero attached hydrogens (tertiary/aromatic N) is 4. The molecule has 1 aromatic carbocycles. The summed E-state index contributed by atoms with van der Waals surface area (Å²) in [5.74, 6) is 0.243. The van der Waals surface area contributed by atoms with Crippen molar-refractivity contribution in [3.8, 4) is 0 Å². The van der Waals surface area contributed by atoms with Gasteiger partial charge < -0.3 is 15.4 Å². The van der Waals surface area contributed by atoms with Crippen molar-refractivity contribution in [1.82, 2.24) is 20.0 Å². The van der Waals surface area contributed by atoms with E-state index >= 15 is 0 Å². The number of aromatic nitrogens is 4. The molecule has 0 aliphatic carbocycles. The third-order valence-corrected chi connectivity index (χ3v) is 4.25. The number of hydrogen-bond donors (Lipinski definition) is 2. The average molecular weight is 364 g/mol. The van der Waals surface area contributed by atoms with E-state index in [0.29, 0.717) is 11.5 Å². The van der Waals surface area contributed by atoms with Crippen molar-refractivity contribution in [3.63, 3.8) is 0 Å². The fraction of sp³-hybridized carbons (Fsp3) is 0.263. The summed E-state index contributed by atoms with van der Waals surface area (Å²) < 4.78 is 7.48. The van der Waals surface area contributed by atoms with Crippen molar-refractivity contribution in [2.24, 2.45) is 0 Å². The van der Waals surface area contributed by atoms with Crippen LogP contribution in [0.3, 0.4) is 0 Å². The summed E-state index contributed by atoms with van der Waals surface area (Å²) in [5, 5.41) is 18.3. The maximum Gasteiger partial charge on any atom is 0.276 e. The first-order valence-corrected chi connectivity index (χ1v) is 8.87. The Balaban J connectivity index is 1.35. The van der Waals surface area contributed by atoms with Crippen LogP contribution in [0.25, 0.3) is 0 Å². The Morgan fingerprint density at radius 1 is 1.15 bits per heavy atom. The van der Waals surface area contributed by atoms with Crippen molar-refractivity contribution in [3.05, 3.63) is 60.6 Å². The lowest BCUT2D eigenvalue weighted by Gasteiger charge is -2.08. The molecule has 8 heteroatoms. The molecule has 27 heavy (non-hydrogen) atoms. The van der Waals surface area contributed by atoms with Gasteiger partial charge in [-0.25, -0.2) is 0 Å². The van der Waals surface area contributed by atoms with Gasteiger partial charge in [-0.2, -0.15) is 5.10 Å². The molecule has 4 rings (SSSR count). The second-order valence-corrected chi connectivity index (χ2v) is 6.34. The molecule has 0 radical (unpaired) electrons. The number of hydrogen-bond acceptors (Lipinski definition) is 6. The van der Waals surface area contributed by atoms with Gasteiger partial charge in [0.05, 0.1) is 24.5 Å². The van der Waals surface area contributed by atoms with Gasteiger partial charge in [-0.3, -0.25) is 9.48 Å². The number of carbonyl (C=O) groups is 1. The molecule has 1 unspecified atom stereocenters. The number of ether oxygens (including phenoxy) is 1. The number of anilines is 3. The third kappa shape index (κ3) is 4.48. The Morgan fingerprint density at radius 2 is 2.04 bits per heavy atom. The minimum atomic E-state index is -0.301. The molecule has 1 saturated heterocycles. The van der Waals surface area contributed by atoms with E-state index < -0.39 is 0 Å². The van der Waals surface area contributed by atoms with E-state index in [2.05, 4.69) is 25.9 Å². The van der Waals surface area contributed by atoms with Crippen molar-refractivity contribution in [1.29, 1.82) is 0 Å². The van der Waals surface area contributed by atoms with Gasteiger partial charge in [-0.05, 0) is 37.1 Å². The second-order valence-electron chi connectivity index (χ2n) is 6.34. The van der Waals surface area contributed by atoms with Gasteiger partial charge in [-0.1, -0.05) is 18.2 Å². The fourth-order valence-electron chi connectivity index (χ4n) is 2.91. The highest BCUT2D eigenvalue weighted by Gasteiger charge is 2.16. The summed E-state index contributed by atoms with van der Waals surface area (Å²) in [6, 6.07) is 12.6. The molecule has 3 aromatic rings. The monoisotopic (exact) mass is 364 g/mol. The quantitative estimate of drug-likeness (QED) is 0.698. The van der Waals surface area contributed by atoms with Gasteiger partial charge in [0.25, 0.3) is 5.91 Å².